The van der Waals surface area contributed by atoms with Crippen molar-refractivity contribution in [3.8, 4) is 17.4 Å². The first-order valence-corrected chi connectivity index (χ1v) is 8.15. The molecule has 1 N–H and O–H groups in total. The van der Waals surface area contributed by atoms with Crippen LogP contribution in [-0.4, -0.2) is 10.9 Å². The van der Waals surface area contributed by atoms with Crippen LogP contribution in [0.4, 0.5) is 10.1 Å². The molecule has 0 unspecified atom stereocenters. The SMILES string of the molecule is N#Cc1cc(NC(=O)CCCc2ncc(-c3ccccc3)o2)ccc1F. The Bertz CT molecular complexity index is 945. The first-order chi connectivity index (χ1) is 12.7. The van der Waals surface area contributed by atoms with Gasteiger partial charge in [-0.25, -0.2) is 9.37 Å². The molecular weight excluding hydrogens is 333 g/mol. The largest absolute Gasteiger partial charge is 0.441 e. The highest BCUT2D eigenvalue weighted by Gasteiger charge is 2.09. The van der Waals surface area contributed by atoms with Gasteiger partial charge in [-0.3, -0.25) is 4.79 Å². The van der Waals surface area contributed by atoms with E-state index >= 15 is 0 Å². The zero-order valence-electron chi connectivity index (χ0n) is 13.9. The molecule has 26 heavy (non-hydrogen) atoms. The highest BCUT2D eigenvalue weighted by Crippen LogP contribution is 2.20. The normalized spacial score (nSPS) is 10.3. The molecule has 3 rings (SSSR count). The average Bonchev–Trinajstić information content (AvgIpc) is 3.13. The lowest BCUT2D eigenvalue weighted by molar-refractivity contribution is -0.116. The minimum atomic E-state index is -0.608. The summed E-state index contributed by atoms with van der Waals surface area (Å²) in [6.07, 6.45) is 3.04. The van der Waals surface area contributed by atoms with E-state index in [1.165, 1.54) is 12.1 Å². The van der Waals surface area contributed by atoms with E-state index in [1.807, 2.05) is 30.3 Å². The van der Waals surface area contributed by atoms with Gasteiger partial charge in [0.25, 0.3) is 0 Å². The third-order valence-corrected chi connectivity index (χ3v) is 3.78. The van der Waals surface area contributed by atoms with Crippen molar-refractivity contribution in [3.05, 3.63) is 72.0 Å². The monoisotopic (exact) mass is 349 g/mol. The topological polar surface area (TPSA) is 78.9 Å². The van der Waals surface area contributed by atoms with Crippen molar-refractivity contribution in [2.24, 2.45) is 0 Å². The Labute approximate surface area is 150 Å². The Morgan fingerprint density at radius 1 is 1.23 bits per heavy atom. The fourth-order valence-corrected chi connectivity index (χ4v) is 2.47. The Hall–Kier alpha value is -3.46. The van der Waals surface area contributed by atoms with Gasteiger partial charge in [-0.15, -0.1) is 0 Å². The summed E-state index contributed by atoms with van der Waals surface area (Å²) in [5.41, 5.74) is 1.25. The molecule has 3 aromatic rings. The van der Waals surface area contributed by atoms with Gasteiger partial charge < -0.3 is 9.73 Å². The van der Waals surface area contributed by atoms with E-state index in [0.717, 1.165) is 11.6 Å². The molecule has 1 aromatic heterocycles. The lowest BCUT2D eigenvalue weighted by atomic mass is 10.2. The van der Waals surface area contributed by atoms with Gasteiger partial charge in [-0.1, -0.05) is 30.3 Å². The number of nitrogens with one attached hydrogen (secondary N) is 1. The van der Waals surface area contributed by atoms with Crippen LogP contribution in [0.15, 0.2) is 59.1 Å². The van der Waals surface area contributed by atoms with Gasteiger partial charge in [0.2, 0.25) is 5.91 Å². The maximum Gasteiger partial charge on any atom is 0.224 e. The number of hydrogen-bond donors (Lipinski definition) is 1. The van der Waals surface area contributed by atoms with E-state index in [9.17, 15) is 9.18 Å². The van der Waals surface area contributed by atoms with Gasteiger partial charge in [-0.05, 0) is 24.6 Å². The minimum absolute atomic E-state index is 0.101. The fraction of sp³-hybridized carbons (Fsp3) is 0.150. The molecule has 0 radical (unpaired) electrons. The first kappa shape index (κ1) is 17.4. The van der Waals surface area contributed by atoms with E-state index < -0.39 is 5.82 Å². The van der Waals surface area contributed by atoms with Crippen LogP contribution < -0.4 is 5.32 Å². The summed E-state index contributed by atoms with van der Waals surface area (Å²) in [5, 5.41) is 11.5. The average molecular weight is 349 g/mol. The predicted octanol–water partition coefficient (Wildman–Crippen LogP) is 4.31. The summed E-state index contributed by atoms with van der Waals surface area (Å²) in [6.45, 7) is 0. The van der Waals surface area contributed by atoms with Crippen LogP contribution in [0, 0.1) is 17.1 Å². The van der Waals surface area contributed by atoms with Crippen LogP contribution in [0.25, 0.3) is 11.3 Å². The summed E-state index contributed by atoms with van der Waals surface area (Å²) in [5.74, 6) is 0.449. The number of aromatic nitrogens is 1. The lowest BCUT2D eigenvalue weighted by Gasteiger charge is -2.05. The molecule has 2 aromatic carbocycles. The first-order valence-electron chi connectivity index (χ1n) is 8.15. The van der Waals surface area contributed by atoms with Crippen molar-refractivity contribution in [1.82, 2.24) is 4.98 Å². The molecule has 1 heterocycles. The van der Waals surface area contributed by atoms with E-state index in [-0.39, 0.29) is 17.9 Å². The highest BCUT2D eigenvalue weighted by molar-refractivity contribution is 5.90. The molecule has 1 amide bonds. The summed E-state index contributed by atoms with van der Waals surface area (Å²) in [6, 6.07) is 15.3. The summed E-state index contributed by atoms with van der Waals surface area (Å²) in [7, 11) is 0. The van der Waals surface area contributed by atoms with Crippen molar-refractivity contribution >= 4 is 11.6 Å². The predicted molar refractivity (Wildman–Crippen MR) is 94.6 cm³/mol. The molecule has 0 atom stereocenters. The Kier molecular flexibility index (Phi) is 5.40. The number of rotatable bonds is 6. The van der Waals surface area contributed by atoms with Crippen LogP contribution >= 0.6 is 0 Å². The Balaban J connectivity index is 1.50. The number of anilines is 1. The molecule has 5 nitrogen and oxygen atoms in total. The van der Waals surface area contributed by atoms with Gasteiger partial charge in [0.15, 0.2) is 11.7 Å². The van der Waals surface area contributed by atoms with E-state index in [2.05, 4.69) is 10.3 Å². The zero-order chi connectivity index (χ0) is 18.4. The second-order valence-electron chi connectivity index (χ2n) is 5.69. The molecule has 0 fully saturated rings. The Morgan fingerprint density at radius 2 is 2.04 bits per heavy atom. The molecule has 0 spiro atoms. The maximum absolute atomic E-state index is 13.3. The number of carbonyl (C=O) groups excluding carboxylic acids is 1. The molecule has 130 valence electrons. The number of hydrogen-bond acceptors (Lipinski definition) is 4. The van der Waals surface area contributed by atoms with Crippen LogP contribution in [-0.2, 0) is 11.2 Å². The number of carbonyl (C=O) groups is 1. The van der Waals surface area contributed by atoms with Gasteiger partial charge in [0.1, 0.15) is 11.9 Å². The molecule has 0 bridgehead atoms. The zero-order valence-corrected chi connectivity index (χ0v) is 13.9. The third-order valence-electron chi connectivity index (χ3n) is 3.78. The van der Waals surface area contributed by atoms with E-state index in [1.54, 1.807) is 12.3 Å². The standard InChI is InChI=1S/C20H16FN3O2/c21-17-10-9-16(11-15(17)12-22)24-19(25)7-4-8-20-23-13-18(26-20)14-5-2-1-3-6-14/h1-3,5-6,9-11,13H,4,7-8H2,(H,24,25). The van der Waals surface area contributed by atoms with Crippen LogP contribution in [0.2, 0.25) is 0 Å². The molecular formula is C20H16FN3O2. The van der Waals surface area contributed by atoms with Gasteiger partial charge in [0, 0.05) is 24.1 Å². The third kappa shape index (κ3) is 4.33. The molecule has 0 aliphatic heterocycles. The minimum Gasteiger partial charge on any atom is -0.441 e. The van der Waals surface area contributed by atoms with Crippen molar-refractivity contribution < 1.29 is 13.6 Å². The summed E-state index contributed by atoms with van der Waals surface area (Å²) >= 11 is 0. The maximum atomic E-state index is 13.3. The molecule has 0 aliphatic rings. The number of benzene rings is 2. The fourth-order valence-electron chi connectivity index (χ4n) is 2.47. The molecule has 0 saturated heterocycles. The number of oxazole rings is 1. The van der Waals surface area contributed by atoms with E-state index in [0.29, 0.717) is 30.2 Å². The summed E-state index contributed by atoms with van der Waals surface area (Å²) in [4.78, 5) is 16.2. The van der Waals surface area contributed by atoms with Gasteiger partial charge in [0.05, 0.1) is 11.8 Å². The van der Waals surface area contributed by atoms with Crippen LogP contribution in [0.1, 0.15) is 24.3 Å². The van der Waals surface area contributed by atoms with Crippen LogP contribution in [0.3, 0.4) is 0 Å². The Morgan fingerprint density at radius 3 is 2.81 bits per heavy atom. The van der Waals surface area contributed by atoms with Crippen molar-refractivity contribution in [2.75, 3.05) is 5.32 Å². The number of nitriles is 1. The van der Waals surface area contributed by atoms with Crippen LogP contribution in [0.5, 0.6) is 0 Å². The van der Waals surface area contributed by atoms with Gasteiger partial charge in [-0.2, -0.15) is 5.26 Å². The van der Waals surface area contributed by atoms with Crippen molar-refractivity contribution in [3.63, 3.8) is 0 Å². The second-order valence-corrected chi connectivity index (χ2v) is 5.69. The second kappa shape index (κ2) is 8.08. The summed E-state index contributed by atoms with van der Waals surface area (Å²) < 4.78 is 19.0. The smallest absolute Gasteiger partial charge is 0.224 e. The van der Waals surface area contributed by atoms with Crippen molar-refractivity contribution in [2.45, 2.75) is 19.3 Å². The number of aryl methyl sites for hydroxylation is 1. The quantitative estimate of drug-likeness (QED) is 0.719. The lowest BCUT2D eigenvalue weighted by Crippen LogP contribution is -2.11. The van der Waals surface area contributed by atoms with E-state index in [4.69, 9.17) is 9.68 Å². The molecule has 0 aliphatic carbocycles. The molecule has 6 heteroatoms. The number of amides is 1. The number of halogens is 1. The number of nitrogens with zero attached hydrogens (tertiary/aromatic N) is 2. The van der Waals surface area contributed by atoms with Crippen molar-refractivity contribution in [1.29, 1.82) is 5.26 Å². The highest BCUT2D eigenvalue weighted by atomic mass is 19.1. The van der Waals surface area contributed by atoms with Gasteiger partial charge >= 0.3 is 0 Å². The molecule has 0 saturated carbocycles.